The van der Waals surface area contributed by atoms with E-state index < -0.39 is 13.9 Å². The lowest BCUT2D eigenvalue weighted by atomic mass is 10.0. The van der Waals surface area contributed by atoms with Crippen LogP contribution in [0, 0.1) is 0 Å². The van der Waals surface area contributed by atoms with E-state index >= 15 is 0 Å². The third-order valence-corrected chi connectivity index (χ3v) is 4.37. The minimum Gasteiger partial charge on any atom is -0.396 e. The molecule has 0 aliphatic heterocycles. The zero-order chi connectivity index (χ0) is 17.4. The lowest BCUT2D eigenvalue weighted by molar-refractivity contribution is 0.0774. The summed E-state index contributed by atoms with van der Waals surface area (Å²) in [5, 5.41) is 18.2. The van der Waals surface area contributed by atoms with E-state index in [1.54, 1.807) is 0 Å². The van der Waals surface area contributed by atoms with Gasteiger partial charge in [0.25, 0.3) is 0 Å². The average Bonchev–Trinajstić information content (AvgIpc) is 2.49. The molecule has 23 heavy (non-hydrogen) atoms. The van der Waals surface area contributed by atoms with Gasteiger partial charge in [-0.1, -0.05) is 70.6 Å². The molecule has 0 radical (unpaired) electrons. The van der Waals surface area contributed by atoms with Crippen molar-refractivity contribution >= 4 is 7.82 Å². The fourth-order valence-corrected chi connectivity index (χ4v) is 2.89. The largest absolute Gasteiger partial charge is 0.469 e. The molecule has 0 saturated carbocycles. The second-order valence-electron chi connectivity index (χ2n) is 6.20. The second-order valence-corrected chi connectivity index (χ2v) is 7.43. The number of hydrogen-bond acceptors (Lipinski definition) is 4. The van der Waals surface area contributed by atoms with E-state index in [2.05, 4.69) is 4.52 Å². The Morgan fingerprint density at radius 2 is 1.13 bits per heavy atom. The predicted molar refractivity (Wildman–Crippen MR) is 91.1 cm³/mol. The van der Waals surface area contributed by atoms with Crippen molar-refractivity contribution in [2.75, 3.05) is 13.2 Å². The monoisotopic (exact) mass is 354 g/mol. The molecule has 1 unspecified atom stereocenters. The number of phosphoric acid groups is 1. The first-order chi connectivity index (χ1) is 11.0. The lowest BCUT2D eigenvalue weighted by Crippen LogP contribution is -2.14. The Morgan fingerprint density at radius 3 is 1.52 bits per heavy atom. The van der Waals surface area contributed by atoms with E-state index in [9.17, 15) is 9.67 Å². The van der Waals surface area contributed by atoms with Crippen molar-refractivity contribution in [3.8, 4) is 0 Å². The molecule has 0 saturated heterocycles. The summed E-state index contributed by atoms with van der Waals surface area (Å²) >= 11 is 0. The molecule has 0 aromatic carbocycles. The van der Waals surface area contributed by atoms with Crippen molar-refractivity contribution in [1.29, 1.82) is 0 Å². The highest BCUT2D eigenvalue weighted by Crippen LogP contribution is 2.35. The van der Waals surface area contributed by atoms with Gasteiger partial charge in [-0.2, -0.15) is 0 Å². The number of aliphatic hydroxyl groups excluding tert-OH is 2. The van der Waals surface area contributed by atoms with Gasteiger partial charge in [0.2, 0.25) is 0 Å². The summed E-state index contributed by atoms with van der Waals surface area (Å²) in [5.41, 5.74) is 0. The van der Waals surface area contributed by atoms with Crippen LogP contribution in [0.2, 0.25) is 0 Å². The molecule has 0 aliphatic rings. The fourth-order valence-electron chi connectivity index (χ4n) is 2.53. The van der Waals surface area contributed by atoms with E-state index in [1.165, 1.54) is 44.9 Å². The zero-order valence-corrected chi connectivity index (χ0v) is 15.1. The van der Waals surface area contributed by atoms with E-state index in [0.29, 0.717) is 13.0 Å². The average molecular weight is 354 g/mol. The van der Waals surface area contributed by atoms with E-state index in [-0.39, 0.29) is 6.61 Å². The summed E-state index contributed by atoms with van der Waals surface area (Å²) in [6.45, 7) is 0.0102. The summed E-state index contributed by atoms with van der Waals surface area (Å²) < 4.78 is 14.7. The minimum absolute atomic E-state index is 0.303. The summed E-state index contributed by atoms with van der Waals surface area (Å²) in [5.74, 6) is 0. The Morgan fingerprint density at radius 1 is 0.739 bits per heavy atom. The van der Waals surface area contributed by atoms with Gasteiger partial charge in [0.05, 0.1) is 12.7 Å². The molecule has 0 amide bonds. The van der Waals surface area contributed by atoms with E-state index in [4.69, 9.17) is 14.9 Å². The molecule has 0 heterocycles. The van der Waals surface area contributed by atoms with Crippen LogP contribution in [0.25, 0.3) is 0 Å². The number of phosphoric ester groups is 1. The quantitative estimate of drug-likeness (QED) is 0.235. The Balaban J connectivity index is 3.17. The van der Waals surface area contributed by atoms with Crippen molar-refractivity contribution in [2.45, 2.75) is 89.6 Å². The van der Waals surface area contributed by atoms with Crippen molar-refractivity contribution in [3.63, 3.8) is 0 Å². The SMILES string of the molecule is O=P(O)(O)OCC(O)CCCCCCCCCCCCCCO. The lowest BCUT2D eigenvalue weighted by Gasteiger charge is -2.11. The topological polar surface area (TPSA) is 107 Å². The standard InChI is InChI=1S/C16H35O6P/c17-14-12-10-8-6-4-2-1-3-5-7-9-11-13-16(18)15-22-23(19,20)21/h16-18H,1-15H2,(H2,19,20,21). The van der Waals surface area contributed by atoms with Crippen molar-refractivity contribution in [3.05, 3.63) is 0 Å². The van der Waals surface area contributed by atoms with Crippen LogP contribution >= 0.6 is 7.82 Å². The van der Waals surface area contributed by atoms with Gasteiger partial charge in [0, 0.05) is 6.61 Å². The highest BCUT2D eigenvalue weighted by Gasteiger charge is 2.16. The van der Waals surface area contributed by atoms with Crippen molar-refractivity contribution < 1.29 is 29.1 Å². The maximum Gasteiger partial charge on any atom is 0.469 e. The highest BCUT2D eigenvalue weighted by atomic mass is 31.2. The summed E-state index contributed by atoms with van der Waals surface area (Å²) in [4.78, 5) is 17.0. The maximum atomic E-state index is 10.5. The van der Waals surface area contributed by atoms with Gasteiger partial charge in [0.1, 0.15) is 0 Å². The molecular formula is C16H35O6P. The Kier molecular flexibility index (Phi) is 15.6. The Labute approximate surface area is 140 Å². The van der Waals surface area contributed by atoms with Crippen LogP contribution in [0.1, 0.15) is 83.5 Å². The van der Waals surface area contributed by atoms with Crippen LogP contribution in [-0.2, 0) is 9.09 Å². The van der Waals surface area contributed by atoms with E-state index in [1.807, 2.05) is 0 Å². The van der Waals surface area contributed by atoms with Crippen LogP contribution in [0.5, 0.6) is 0 Å². The van der Waals surface area contributed by atoms with Crippen LogP contribution in [0.3, 0.4) is 0 Å². The van der Waals surface area contributed by atoms with Gasteiger partial charge in [-0.3, -0.25) is 4.52 Å². The minimum atomic E-state index is -4.46. The molecular weight excluding hydrogens is 319 g/mol. The Hall–Kier alpha value is 0.0300. The third kappa shape index (κ3) is 20.0. The molecule has 0 aromatic rings. The number of rotatable bonds is 17. The van der Waals surface area contributed by atoms with Crippen LogP contribution in [0.4, 0.5) is 0 Å². The summed E-state index contributed by atoms with van der Waals surface area (Å²) in [7, 11) is -4.46. The molecule has 4 N–H and O–H groups in total. The molecule has 1 atom stereocenters. The highest BCUT2D eigenvalue weighted by molar-refractivity contribution is 7.46. The third-order valence-electron chi connectivity index (χ3n) is 3.88. The molecule has 0 bridgehead atoms. The molecule has 0 rings (SSSR count). The van der Waals surface area contributed by atoms with Crippen LogP contribution < -0.4 is 0 Å². The van der Waals surface area contributed by atoms with Crippen molar-refractivity contribution in [2.24, 2.45) is 0 Å². The van der Waals surface area contributed by atoms with E-state index in [0.717, 1.165) is 32.1 Å². The van der Waals surface area contributed by atoms with Crippen LogP contribution in [0.15, 0.2) is 0 Å². The number of hydrogen-bond donors (Lipinski definition) is 4. The molecule has 0 aromatic heterocycles. The summed E-state index contributed by atoms with van der Waals surface area (Å²) in [6, 6.07) is 0. The molecule has 0 aliphatic carbocycles. The van der Waals surface area contributed by atoms with Gasteiger partial charge >= 0.3 is 7.82 Å². The second kappa shape index (κ2) is 15.6. The molecule has 0 spiro atoms. The van der Waals surface area contributed by atoms with Crippen LogP contribution in [-0.4, -0.2) is 39.3 Å². The molecule has 0 fully saturated rings. The maximum absolute atomic E-state index is 10.5. The normalized spacial score (nSPS) is 13.4. The van der Waals surface area contributed by atoms with Gasteiger partial charge in [-0.15, -0.1) is 0 Å². The predicted octanol–water partition coefficient (Wildman–Crippen LogP) is 3.52. The van der Waals surface area contributed by atoms with Gasteiger partial charge < -0.3 is 20.0 Å². The van der Waals surface area contributed by atoms with Crippen molar-refractivity contribution in [1.82, 2.24) is 0 Å². The first-order valence-corrected chi connectivity index (χ1v) is 10.5. The first kappa shape index (κ1) is 23.0. The first-order valence-electron chi connectivity index (χ1n) is 8.94. The fraction of sp³-hybridized carbons (Fsp3) is 1.00. The molecule has 6 nitrogen and oxygen atoms in total. The molecule has 140 valence electrons. The molecule has 7 heteroatoms. The smallest absolute Gasteiger partial charge is 0.396 e. The number of unbranched alkanes of at least 4 members (excludes halogenated alkanes) is 11. The van der Waals surface area contributed by atoms with Gasteiger partial charge in [-0.25, -0.2) is 4.57 Å². The van der Waals surface area contributed by atoms with Gasteiger partial charge in [-0.05, 0) is 12.8 Å². The summed E-state index contributed by atoms with van der Waals surface area (Å²) in [6.07, 6.45) is 13.6. The zero-order valence-electron chi connectivity index (χ0n) is 14.2. The number of aliphatic hydroxyl groups is 2. The Bertz CT molecular complexity index is 294. The van der Waals surface area contributed by atoms with Gasteiger partial charge in [0.15, 0.2) is 0 Å².